The van der Waals surface area contributed by atoms with Crippen molar-refractivity contribution in [2.75, 3.05) is 13.2 Å². The maximum Gasteiger partial charge on any atom is 0.573 e. The molecular formula is C16H14ClF3O3. The number of hydrogen-bond donors (Lipinski definition) is 1. The summed E-state index contributed by atoms with van der Waals surface area (Å²) in [4.78, 5) is 0. The third kappa shape index (κ3) is 5.04. The Balaban J connectivity index is 2.39. The molecule has 0 atom stereocenters. The van der Waals surface area contributed by atoms with E-state index in [1.165, 1.54) is 12.1 Å². The van der Waals surface area contributed by atoms with Crippen molar-refractivity contribution in [3.63, 3.8) is 0 Å². The second kappa shape index (κ2) is 7.57. The lowest BCUT2D eigenvalue weighted by Gasteiger charge is -2.16. The summed E-state index contributed by atoms with van der Waals surface area (Å²) < 4.78 is 47.3. The fourth-order valence-electron chi connectivity index (χ4n) is 1.96. The highest BCUT2D eigenvalue weighted by atomic mass is 35.5. The maximum absolute atomic E-state index is 12.6. The summed E-state index contributed by atoms with van der Waals surface area (Å²) in [5, 5.41) is 9.02. The molecule has 0 radical (unpaired) electrons. The van der Waals surface area contributed by atoms with Crippen LogP contribution in [0.1, 0.15) is 6.42 Å². The first kappa shape index (κ1) is 17.4. The van der Waals surface area contributed by atoms with Crippen LogP contribution >= 0.6 is 11.6 Å². The molecule has 2 aromatic carbocycles. The summed E-state index contributed by atoms with van der Waals surface area (Å²) in [6.07, 6.45) is -4.46. The summed E-state index contributed by atoms with van der Waals surface area (Å²) >= 11 is 6.05. The van der Waals surface area contributed by atoms with E-state index in [4.69, 9.17) is 21.4 Å². The molecule has 1 N–H and O–H groups in total. The van der Waals surface area contributed by atoms with E-state index < -0.39 is 12.1 Å². The van der Waals surface area contributed by atoms with Crippen LogP contribution in [0, 0.1) is 0 Å². The average Bonchev–Trinajstić information content (AvgIpc) is 2.47. The molecule has 0 aliphatic heterocycles. The predicted molar refractivity (Wildman–Crippen MR) is 80.8 cm³/mol. The first-order valence-electron chi connectivity index (χ1n) is 6.79. The fraction of sp³-hybridized carbons (Fsp3) is 0.250. The van der Waals surface area contributed by atoms with Crippen LogP contribution in [0.5, 0.6) is 11.5 Å². The highest BCUT2D eigenvalue weighted by Crippen LogP contribution is 2.39. The zero-order valence-electron chi connectivity index (χ0n) is 11.9. The molecule has 0 fully saturated rings. The van der Waals surface area contributed by atoms with Gasteiger partial charge in [0.1, 0.15) is 11.5 Å². The molecule has 2 aromatic rings. The molecule has 0 saturated carbocycles. The van der Waals surface area contributed by atoms with Crippen LogP contribution in [0.2, 0.25) is 5.02 Å². The Morgan fingerprint density at radius 3 is 2.43 bits per heavy atom. The first-order chi connectivity index (χ1) is 10.9. The molecule has 0 amide bonds. The molecule has 0 saturated heterocycles. The minimum atomic E-state index is -4.83. The third-order valence-corrected chi connectivity index (χ3v) is 3.24. The number of alkyl halides is 3. The van der Waals surface area contributed by atoms with E-state index in [0.717, 1.165) is 6.07 Å². The van der Waals surface area contributed by atoms with Crippen molar-refractivity contribution in [1.82, 2.24) is 0 Å². The van der Waals surface area contributed by atoms with Crippen LogP contribution in [0.3, 0.4) is 0 Å². The summed E-state index contributed by atoms with van der Waals surface area (Å²) in [5.74, 6) is -0.180. The second-order valence-electron chi connectivity index (χ2n) is 4.61. The number of benzene rings is 2. The Morgan fingerprint density at radius 2 is 1.78 bits per heavy atom. The Labute approximate surface area is 136 Å². The van der Waals surface area contributed by atoms with Crippen LogP contribution in [-0.2, 0) is 0 Å². The van der Waals surface area contributed by atoms with Crippen LogP contribution in [-0.4, -0.2) is 24.7 Å². The van der Waals surface area contributed by atoms with Gasteiger partial charge >= 0.3 is 6.36 Å². The minimum absolute atomic E-state index is 0.0659. The van der Waals surface area contributed by atoms with E-state index in [-0.39, 0.29) is 24.5 Å². The predicted octanol–water partition coefficient (Wildman–Crippen LogP) is 4.67. The number of aliphatic hydroxyl groups excluding tert-OH is 1. The Bertz CT molecular complexity index is 659. The SMILES string of the molecule is OCCCOc1ccc(-c2ccccc2Cl)c(OC(F)(F)F)c1. The van der Waals surface area contributed by atoms with E-state index in [1.54, 1.807) is 24.3 Å². The molecule has 0 aliphatic rings. The van der Waals surface area contributed by atoms with Gasteiger partial charge in [0.2, 0.25) is 0 Å². The van der Waals surface area contributed by atoms with E-state index in [9.17, 15) is 13.2 Å². The number of ether oxygens (including phenoxy) is 2. The van der Waals surface area contributed by atoms with E-state index in [0.29, 0.717) is 17.0 Å². The molecule has 0 aliphatic carbocycles. The molecule has 2 rings (SSSR count). The topological polar surface area (TPSA) is 38.7 Å². The fourth-order valence-corrected chi connectivity index (χ4v) is 2.20. The van der Waals surface area contributed by atoms with Crippen molar-refractivity contribution in [2.45, 2.75) is 12.8 Å². The van der Waals surface area contributed by atoms with Gasteiger partial charge in [0, 0.05) is 35.2 Å². The molecule has 23 heavy (non-hydrogen) atoms. The number of aliphatic hydroxyl groups is 1. The van der Waals surface area contributed by atoms with Gasteiger partial charge in [0.25, 0.3) is 0 Å². The molecule has 0 aromatic heterocycles. The monoisotopic (exact) mass is 346 g/mol. The standard InChI is InChI=1S/C16H14ClF3O3/c17-14-5-2-1-4-12(14)13-7-6-11(22-9-3-8-21)10-15(13)23-16(18,19)20/h1-2,4-7,10,21H,3,8-9H2. The van der Waals surface area contributed by atoms with Gasteiger partial charge in [-0.15, -0.1) is 13.2 Å². The molecular weight excluding hydrogens is 333 g/mol. The lowest BCUT2D eigenvalue weighted by molar-refractivity contribution is -0.274. The quantitative estimate of drug-likeness (QED) is 0.773. The second-order valence-corrected chi connectivity index (χ2v) is 5.02. The van der Waals surface area contributed by atoms with Gasteiger partial charge in [-0.2, -0.15) is 0 Å². The van der Waals surface area contributed by atoms with E-state index >= 15 is 0 Å². The maximum atomic E-state index is 12.6. The normalized spacial score (nSPS) is 11.3. The molecule has 7 heteroatoms. The Morgan fingerprint density at radius 1 is 1.04 bits per heavy atom. The number of halogens is 4. The molecule has 0 heterocycles. The van der Waals surface area contributed by atoms with Crippen molar-refractivity contribution < 1.29 is 27.8 Å². The van der Waals surface area contributed by atoms with Crippen LogP contribution in [0.4, 0.5) is 13.2 Å². The summed E-state index contributed by atoms with van der Waals surface area (Å²) in [6, 6.07) is 10.7. The average molecular weight is 347 g/mol. The molecule has 124 valence electrons. The lowest BCUT2D eigenvalue weighted by atomic mass is 10.0. The zero-order valence-corrected chi connectivity index (χ0v) is 12.7. The zero-order chi connectivity index (χ0) is 16.9. The third-order valence-electron chi connectivity index (χ3n) is 2.91. The van der Waals surface area contributed by atoms with Crippen molar-refractivity contribution in [1.29, 1.82) is 0 Å². The number of hydrogen-bond acceptors (Lipinski definition) is 3. The van der Waals surface area contributed by atoms with Gasteiger partial charge in [-0.1, -0.05) is 29.8 Å². The molecule has 3 nitrogen and oxygen atoms in total. The van der Waals surface area contributed by atoms with Crippen molar-refractivity contribution >= 4 is 11.6 Å². The van der Waals surface area contributed by atoms with Gasteiger partial charge in [-0.25, -0.2) is 0 Å². The van der Waals surface area contributed by atoms with Gasteiger partial charge in [-0.05, 0) is 18.2 Å². The molecule has 0 spiro atoms. The van der Waals surface area contributed by atoms with Crippen LogP contribution in [0.15, 0.2) is 42.5 Å². The smallest absolute Gasteiger partial charge is 0.493 e. The van der Waals surface area contributed by atoms with Gasteiger partial charge in [-0.3, -0.25) is 0 Å². The van der Waals surface area contributed by atoms with E-state index in [2.05, 4.69) is 4.74 Å². The summed E-state index contributed by atoms with van der Waals surface area (Å²) in [7, 11) is 0. The highest BCUT2D eigenvalue weighted by Gasteiger charge is 2.32. The Kier molecular flexibility index (Phi) is 5.74. The lowest BCUT2D eigenvalue weighted by Crippen LogP contribution is -2.17. The van der Waals surface area contributed by atoms with Crippen LogP contribution in [0.25, 0.3) is 11.1 Å². The number of rotatable bonds is 6. The Hall–Kier alpha value is -1.92. The van der Waals surface area contributed by atoms with Gasteiger partial charge in [0.05, 0.1) is 6.61 Å². The largest absolute Gasteiger partial charge is 0.573 e. The van der Waals surface area contributed by atoms with Gasteiger partial charge < -0.3 is 14.6 Å². The van der Waals surface area contributed by atoms with Gasteiger partial charge in [0.15, 0.2) is 0 Å². The molecule has 0 unspecified atom stereocenters. The first-order valence-corrected chi connectivity index (χ1v) is 7.17. The summed E-state index contributed by atoms with van der Waals surface area (Å²) in [5.41, 5.74) is 0.637. The van der Waals surface area contributed by atoms with Crippen LogP contribution < -0.4 is 9.47 Å². The van der Waals surface area contributed by atoms with Crippen molar-refractivity contribution in [3.05, 3.63) is 47.5 Å². The molecule has 0 bridgehead atoms. The van der Waals surface area contributed by atoms with E-state index in [1.807, 2.05) is 0 Å². The highest BCUT2D eigenvalue weighted by molar-refractivity contribution is 6.33. The van der Waals surface area contributed by atoms with Crippen molar-refractivity contribution in [2.24, 2.45) is 0 Å². The minimum Gasteiger partial charge on any atom is -0.493 e. The summed E-state index contributed by atoms with van der Waals surface area (Å²) in [6.45, 7) is 0.122. The van der Waals surface area contributed by atoms with Crippen molar-refractivity contribution in [3.8, 4) is 22.6 Å².